The maximum atomic E-state index is 9.59. The predicted octanol–water partition coefficient (Wildman–Crippen LogP) is 6.61. The Labute approximate surface area is 156 Å². The second-order valence-corrected chi connectivity index (χ2v) is 10.1. The number of aliphatic hydroxyl groups excluding tert-OH is 1. The highest BCUT2D eigenvalue weighted by Gasteiger charge is 2.58. The maximum absolute atomic E-state index is 9.59. The molecule has 3 aliphatic carbocycles. The van der Waals surface area contributed by atoms with Gasteiger partial charge in [-0.2, -0.15) is 0 Å². The summed E-state index contributed by atoms with van der Waals surface area (Å²) in [7, 11) is 0. The molecule has 0 bridgehead atoms. The highest BCUT2D eigenvalue weighted by atomic mass is 16.3. The van der Waals surface area contributed by atoms with Crippen molar-refractivity contribution >= 4 is 0 Å². The zero-order chi connectivity index (χ0) is 18.2. The predicted molar refractivity (Wildman–Crippen MR) is 107 cm³/mol. The van der Waals surface area contributed by atoms with Gasteiger partial charge in [-0.15, -0.1) is 0 Å². The first-order valence-corrected chi connectivity index (χ1v) is 11.2. The molecule has 3 aliphatic rings. The molecule has 0 radical (unpaired) electrons. The van der Waals surface area contributed by atoms with Crippen molar-refractivity contribution in [2.75, 3.05) is 6.61 Å². The van der Waals surface area contributed by atoms with E-state index in [0.717, 1.165) is 36.0 Å². The van der Waals surface area contributed by atoms with E-state index in [9.17, 15) is 5.11 Å². The van der Waals surface area contributed by atoms with Gasteiger partial charge in [-0.3, -0.25) is 0 Å². The SMILES string of the molecule is CCC[C@@]1(C)C(CCO)=CCC2C3CCC([C@H](C)CC)[C@@]3(C)CCC21. The van der Waals surface area contributed by atoms with Crippen molar-refractivity contribution in [3.8, 4) is 0 Å². The molecule has 7 atom stereocenters. The van der Waals surface area contributed by atoms with Crippen molar-refractivity contribution in [3.63, 3.8) is 0 Å². The van der Waals surface area contributed by atoms with Crippen LogP contribution < -0.4 is 0 Å². The second-order valence-electron chi connectivity index (χ2n) is 10.1. The molecule has 3 rings (SSSR count). The van der Waals surface area contributed by atoms with E-state index < -0.39 is 0 Å². The third-order valence-corrected chi connectivity index (χ3v) is 9.18. The highest BCUT2D eigenvalue weighted by Crippen LogP contribution is 2.66. The van der Waals surface area contributed by atoms with Gasteiger partial charge in [0, 0.05) is 6.61 Å². The topological polar surface area (TPSA) is 20.2 Å². The van der Waals surface area contributed by atoms with Crippen LogP contribution in [0.25, 0.3) is 0 Å². The third kappa shape index (κ3) is 3.03. The lowest BCUT2D eigenvalue weighted by molar-refractivity contribution is -0.0467. The van der Waals surface area contributed by atoms with Gasteiger partial charge in [-0.25, -0.2) is 0 Å². The van der Waals surface area contributed by atoms with E-state index in [0.29, 0.717) is 17.4 Å². The molecule has 0 aromatic rings. The van der Waals surface area contributed by atoms with Crippen LogP contribution in [0.1, 0.15) is 92.4 Å². The minimum absolute atomic E-state index is 0.319. The maximum Gasteiger partial charge on any atom is 0.0468 e. The normalized spacial score (nSPS) is 44.8. The summed E-state index contributed by atoms with van der Waals surface area (Å²) in [5.41, 5.74) is 2.51. The number of aliphatic hydroxyl groups is 1. The van der Waals surface area contributed by atoms with Gasteiger partial charge in [-0.05, 0) is 85.4 Å². The molecule has 144 valence electrons. The summed E-state index contributed by atoms with van der Waals surface area (Å²) in [5.74, 6) is 4.52. The zero-order valence-corrected chi connectivity index (χ0v) is 17.5. The average molecular weight is 347 g/mol. The monoisotopic (exact) mass is 346 g/mol. The van der Waals surface area contributed by atoms with E-state index in [2.05, 4.69) is 40.7 Å². The molecule has 0 heterocycles. The van der Waals surface area contributed by atoms with Gasteiger partial charge in [0.2, 0.25) is 0 Å². The molecular weight excluding hydrogens is 304 g/mol. The van der Waals surface area contributed by atoms with Crippen LogP contribution in [-0.4, -0.2) is 11.7 Å². The summed E-state index contributed by atoms with van der Waals surface area (Å²) in [6.07, 6.45) is 14.5. The summed E-state index contributed by atoms with van der Waals surface area (Å²) < 4.78 is 0. The molecule has 0 aromatic heterocycles. The number of hydrogen-bond acceptors (Lipinski definition) is 1. The van der Waals surface area contributed by atoms with Gasteiger partial charge in [0.15, 0.2) is 0 Å². The minimum atomic E-state index is 0.319. The Morgan fingerprint density at radius 2 is 1.92 bits per heavy atom. The van der Waals surface area contributed by atoms with E-state index in [-0.39, 0.29) is 0 Å². The highest BCUT2D eigenvalue weighted by molar-refractivity contribution is 5.23. The molecule has 2 fully saturated rings. The zero-order valence-electron chi connectivity index (χ0n) is 17.5. The fourth-order valence-corrected chi connectivity index (χ4v) is 7.79. The van der Waals surface area contributed by atoms with Gasteiger partial charge in [0.25, 0.3) is 0 Å². The summed E-state index contributed by atoms with van der Waals surface area (Å²) in [4.78, 5) is 0. The molecule has 0 amide bonds. The van der Waals surface area contributed by atoms with Crippen molar-refractivity contribution in [3.05, 3.63) is 11.6 Å². The fraction of sp³-hybridized carbons (Fsp3) is 0.917. The van der Waals surface area contributed by atoms with Gasteiger partial charge >= 0.3 is 0 Å². The van der Waals surface area contributed by atoms with Gasteiger partial charge < -0.3 is 5.11 Å². The van der Waals surface area contributed by atoms with E-state index >= 15 is 0 Å². The van der Waals surface area contributed by atoms with Crippen LogP contribution in [0.3, 0.4) is 0 Å². The molecule has 0 spiro atoms. The van der Waals surface area contributed by atoms with Crippen LogP contribution in [0.4, 0.5) is 0 Å². The van der Waals surface area contributed by atoms with Crippen LogP contribution in [0.15, 0.2) is 11.6 Å². The standard InChI is InChI=1S/C24H42O/c1-6-14-23(4)18(13-16-25)8-9-19-21-11-10-20(17(3)7-2)24(21,5)15-12-22(19)23/h8,17,19-22,25H,6-7,9-16H2,1-5H3/t17-,19?,20?,21?,22?,23+,24-/m1/s1. The molecule has 1 nitrogen and oxygen atoms in total. The van der Waals surface area contributed by atoms with Gasteiger partial charge in [0.1, 0.15) is 0 Å². The molecule has 4 unspecified atom stereocenters. The van der Waals surface area contributed by atoms with E-state index in [1.165, 1.54) is 51.4 Å². The van der Waals surface area contributed by atoms with Crippen molar-refractivity contribution in [1.82, 2.24) is 0 Å². The number of fused-ring (bicyclic) bond motifs is 3. The first-order valence-electron chi connectivity index (χ1n) is 11.2. The Hall–Kier alpha value is -0.300. The summed E-state index contributed by atoms with van der Waals surface area (Å²) in [6, 6.07) is 0. The lowest BCUT2D eigenvalue weighted by atomic mass is 9.48. The van der Waals surface area contributed by atoms with Crippen LogP contribution in [0.5, 0.6) is 0 Å². The Kier molecular flexibility index (Phi) is 5.74. The fourth-order valence-electron chi connectivity index (χ4n) is 7.79. The van der Waals surface area contributed by atoms with Crippen LogP contribution >= 0.6 is 0 Å². The quantitative estimate of drug-likeness (QED) is 0.536. The summed E-state index contributed by atoms with van der Waals surface area (Å²) in [5, 5.41) is 9.59. The summed E-state index contributed by atoms with van der Waals surface area (Å²) >= 11 is 0. The largest absolute Gasteiger partial charge is 0.396 e. The first-order chi connectivity index (χ1) is 11.9. The van der Waals surface area contributed by atoms with Crippen molar-refractivity contribution in [1.29, 1.82) is 0 Å². The molecule has 1 heteroatoms. The lowest BCUT2D eigenvalue weighted by Crippen LogP contribution is -2.49. The number of rotatable bonds is 6. The van der Waals surface area contributed by atoms with Crippen molar-refractivity contribution in [2.24, 2.45) is 40.4 Å². The number of hydrogen-bond donors (Lipinski definition) is 1. The Morgan fingerprint density at radius 1 is 1.16 bits per heavy atom. The van der Waals surface area contributed by atoms with Crippen molar-refractivity contribution in [2.45, 2.75) is 92.4 Å². The molecule has 2 saturated carbocycles. The summed E-state index contributed by atoms with van der Waals surface area (Å²) in [6.45, 7) is 12.7. The average Bonchev–Trinajstić information content (AvgIpc) is 2.94. The van der Waals surface area contributed by atoms with E-state index in [4.69, 9.17) is 0 Å². The smallest absolute Gasteiger partial charge is 0.0468 e. The van der Waals surface area contributed by atoms with Crippen molar-refractivity contribution < 1.29 is 5.11 Å². The molecule has 0 aromatic carbocycles. The van der Waals surface area contributed by atoms with Gasteiger partial charge in [0.05, 0.1) is 0 Å². The molecule has 1 N–H and O–H groups in total. The van der Waals surface area contributed by atoms with Crippen LogP contribution in [0, 0.1) is 40.4 Å². The number of allylic oxidation sites excluding steroid dienone is 1. The van der Waals surface area contributed by atoms with Crippen LogP contribution in [-0.2, 0) is 0 Å². The first kappa shape index (κ1) is 19.5. The molecule has 0 aliphatic heterocycles. The second kappa shape index (κ2) is 7.37. The molecule has 0 saturated heterocycles. The van der Waals surface area contributed by atoms with Gasteiger partial charge in [-0.1, -0.05) is 59.1 Å². The Morgan fingerprint density at radius 3 is 2.56 bits per heavy atom. The van der Waals surface area contributed by atoms with E-state index in [1.54, 1.807) is 5.57 Å². The molecule has 25 heavy (non-hydrogen) atoms. The van der Waals surface area contributed by atoms with E-state index in [1.807, 2.05) is 0 Å². The van der Waals surface area contributed by atoms with Crippen LogP contribution in [0.2, 0.25) is 0 Å². The Balaban J connectivity index is 1.90. The lowest BCUT2D eigenvalue weighted by Gasteiger charge is -2.57. The minimum Gasteiger partial charge on any atom is -0.396 e. The molecular formula is C24H42O. The third-order valence-electron chi connectivity index (χ3n) is 9.18. The Bertz CT molecular complexity index is 494.